The van der Waals surface area contributed by atoms with Crippen LogP contribution < -0.4 is 9.64 Å². The minimum Gasteiger partial charge on any atom is -0.496 e. The van der Waals surface area contributed by atoms with Gasteiger partial charge in [0.1, 0.15) is 17.4 Å². The van der Waals surface area contributed by atoms with E-state index in [9.17, 15) is 14.9 Å². The number of halogens is 1. The number of non-ortho nitro benzene ring substituents is 1. The van der Waals surface area contributed by atoms with Crippen LogP contribution in [0.4, 0.5) is 11.4 Å². The van der Waals surface area contributed by atoms with Gasteiger partial charge in [0.25, 0.3) is 5.69 Å². The lowest BCUT2D eigenvalue weighted by Gasteiger charge is -2.54. The van der Waals surface area contributed by atoms with E-state index in [-0.39, 0.29) is 10.6 Å². The summed E-state index contributed by atoms with van der Waals surface area (Å²) >= 11 is 6.44. The first-order valence-corrected chi connectivity index (χ1v) is 19.1. The van der Waals surface area contributed by atoms with Crippen molar-refractivity contribution in [3.05, 3.63) is 86.4 Å². The lowest BCUT2D eigenvalue weighted by atomic mass is 9.51. The molecule has 50 heavy (non-hydrogen) atoms. The van der Waals surface area contributed by atoms with Crippen molar-refractivity contribution in [1.29, 1.82) is 0 Å². The van der Waals surface area contributed by atoms with Crippen molar-refractivity contribution in [2.45, 2.75) is 77.0 Å². The number of ether oxygens (including phenoxy) is 1. The fourth-order valence-corrected chi connectivity index (χ4v) is 9.85. The molecule has 0 unspecified atom stereocenters. The van der Waals surface area contributed by atoms with Gasteiger partial charge in [0.05, 0.1) is 22.7 Å². The monoisotopic (exact) mass is 699 g/mol. The fraction of sp³-hybridized carbons (Fsp3) is 0.575. The number of nitrogens with zero attached hydrogens (tertiary/aromatic N) is 5. The molecule has 9 nitrogen and oxygen atoms in total. The highest BCUT2D eigenvalue weighted by molar-refractivity contribution is 6.31. The molecule has 10 heteroatoms. The van der Waals surface area contributed by atoms with Gasteiger partial charge in [0.2, 0.25) is 0 Å². The highest BCUT2D eigenvalue weighted by atomic mass is 35.5. The molecule has 4 saturated carbocycles. The molecule has 0 amide bonds. The Morgan fingerprint density at radius 1 is 0.980 bits per heavy atom. The number of hydrogen-bond acceptors (Lipinski definition) is 8. The van der Waals surface area contributed by atoms with E-state index in [2.05, 4.69) is 33.0 Å². The van der Waals surface area contributed by atoms with Crippen molar-refractivity contribution in [1.82, 2.24) is 14.9 Å². The van der Waals surface area contributed by atoms with Gasteiger partial charge in [-0.05, 0) is 106 Å². The number of rotatable bonds is 15. The van der Waals surface area contributed by atoms with E-state index in [0.29, 0.717) is 41.8 Å². The minimum absolute atomic E-state index is 0.0793. The van der Waals surface area contributed by atoms with Gasteiger partial charge in [-0.15, -0.1) is 0 Å². The first-order valence-electron chi connectivity index (χ1n) is 18.7. The summed E-state index contributed by atoms with van der Waals surface area (Å²) in [5.74, 6) is 6.32. The van der Waals surface area contributed by atoms with Crippen molar-refractivity contribution in [2.24, 2.45) is 29.6 Å². The van der Waals surface area contributed by atoms with E-state index in [1.165, 1.54) is 38.2 Å². The molecule has 266 valence electrons. The first kappa shape index (κ1) is 34.9. The van der Waals surface area contributed by atoms with E-state index >= 15 is 0 Å². The number of anilines is 1. The molecule has 4 aliphatic carbocycles. The smallest absolute Gasteiger partial charge is 0.269 e. The molecule has 5 fully saturated rings. The van der Waals surface area contributed by atoms with Crippen molar-refractivity contribution in [2.75, 3.05) is 44.7 Å². The maximum atomic E-state index is 12.9. The number of aromatic nitrogens is 2. The summed E-state index contributed by atoms with van der Waals surface area (Å²) in [6.45, 7) is 5.02. The van der Waals surface area contributed by atoms with E-state index in [4.69, 9.17) is 21.3 Å². The number of Topliss-reactive ketones (excluding diaryl/α,β-unsaturated/α-hetero) is 1. The standard InChI is InChI=1S/C40H50ClN5O4/c1-50-39-24-33(10-9-30(39)23-40-42-26-37(41)38(43-40)11-8-27-5-4-6-34(22-27)46(48)49)45-15-13-44(14-16-45)12-3-2-7-35(47)25-36-31-18-28-17-29(20-31)21-32(36)19-28/h4-6,9-10,22,24,26,28-29,31-32,36H,2-3,7-8,11-21,23,25H2,1H3. The quantitative estimate of drug-likeness (QED) is 0.0902. The Bertz CT molecular complexity index is 1650. The zero-order valence-electron chi connectivity index (χ0n) is 29.3. The molecule has 2 heterocycles. The summed E-state index contributed by atoms with van der Waals surface area (Å²) in [7, 11) is 1.70. The van der Waals surface area contributed by atoms with Crippen molar-refractivity contribution in [3.63, 3.8) is 0 Å². The van der Waals surface area contributed by atoms with Crippen LogP contribution in [0, 0.1) is 39.7 Å². The summed E-state index contributed by atoms with van der Waals surface area (Å²) < 4.78 is 5.82. The van der Waals surface area contributed by atoms with Gasteiger partial charge in [-0.3, -0.25) is 19.8 Å². The third-order valence-corrected chi connectivity index (χ3v) is 12.4. The molecule has 4 bridgehead atoms. The van der Waals surface area contributed by atoms with Crippen LogP contribution in [-0.4, -0.2) is 65.4 Å². The van der Waals surface area contributed by atoms with Gasteiger partial charge in [0.15, 0.2) is 0 Å². The van der Waals surface area contributed by atoms with E-state index in [1.807, 2.05) is 6.07 Å². The van der Waals surface area contributed by atoms with E-state index in [1.54, 1.807) is 25.4 Å². The van der Waals surface area contributed by atoms with Gasteiger partial charge >= 0.3 is 0 Å². The van der Waals surface area contributed by atoms with Gasteiger partial charge in [-0.2, -0.15) is 0 Å². The van der Waals surface area contributed by atoms with Gasteiger partial charge in [-0.1, -0.05) is 29.8 Å². The third kappa shape index (κ3) is 8.31. The number of nitro benzene ring substituents is 1. The SMILES string of the molecule is COc1cc(N2CCN(CCCCC(=O)CC3C4CC5CC(C4)CC3C5)CC2)ccc1Cc1ncc(Cl)c(CCc2cccc([N+](=O)[O-])c2)n1. The first-order chi connectivity index (χ1) is 24.3. The number of hydrogen-bond donors (Lipinski definition) is 0. The highest BCUT2D eigenvalue weighted by Crippen LogP contribution is 2.57. The topological polar surface area (TPSA) is 102 Å². The Kier molecular flexibility index (Phi) is 11.0. The van der Waals surface area contributed by atoms with Crippen LogP contribution >= 0.6 is 11.6 Å². The summed E-state index contributed by atoms with van der Waals surface area (Å²) in [6.07, 6.45) is 14.1. The average Bonchev–Trinajstić information content (AvgIpc) is 3.12. The largest absolute Gasteiger partial charge is 0.496 e. The number of methoxy groups -OCH3 is 1. The maximum absolute atomic E-state index is 12.9. The Morgan fingerprint density at radius 3 is 2.46 bits per heavy atom. The molecule has 5 aliphatic rings. The molecule has 0 radical (unpaired) electrons. The van der Waals surface area contributed by atoms with E-state index < -0.39 is 0 Å². The van der Waals surface area contributed by atoms with Crippen molar-refractivity contribution >= 4 is 28.8 Å². The van der Waals surface area contributed by atoms with Crippen LogP contribution in [0.2, 0.25) is 5.02 Å². The maximum Gasteiger partial charge on any atom is 0.269 e. The normalized spacial score (nSPS) is 24.4. The highest BCUT2D eigenvalue weighted by Gasteiger charge is 2.48. The minimum atomic E-state index is -0.382. The summed E-state index contributed by atoms with van der Waals surface area (Å²) in [6, 6.07) is 13.0. The molecule has 2 aromatic carbocycles. The van der Waals surface area contributed by atoms with Crippen LogP contribution in [0.1, 0.15) is 80.4 Å². The zero-order valence-corrected chi connectivity index (χ0v) is 30.0. The molecule has 1 aromatic heterocycles. The van der Waals surface area contributed by atoms with Crippen LogP contribution in [-0.2, 0) is 24.1 Å². The second kappa shape index (κ2) is 15.8. The Balaban J connectivity index is 0.854. The van der Waals surface area contributed by atoms with E-state index in [0.717, 1.165) is 110 Å². The van der Waals surface area contributed by atoms with Gasteiger partial charge < -0.3 is 9.64 Å². The van der Waals surface area contributed by atoms with Crippen LogP contribution in [0.15, 0.2) is 48.7 Å². The molecular weight excluding hydrogens is 650 g/mol. The number of nitro groups is 1. The molecule has 1 aliphatic heterocycles. The molecule has 1 saturated heterocycles. The summed E-state index contributed by atoms with van der Waals surface area (Å²) in [5, 5.41) is 11.6. The molecule has 0 spiro atoms. The Hall–Kier alpha value is -3.56. The zero-order chi connectivity index (χ0) is 34.6. The number of benzene rings is 2. The average molecular weight is 700 g/mol. The lowest BCUT2D eigenvalue weighted by Crippen LogP contribution is -2.46. The van der Waals surface area contributed by atoms with Crippen LogP contribution in [0.3, 0.4) is 0 Å². The number of unbranched alkanes of at least 4 members (excludes halogenated alkanes) is 1. The van der Waals surface area contributed by atoms with Gasteiger partial charge in [-0.25, -0.2) is 9.97 Å². The predicted octanol–water partition coefficient (Wildman–Crippen LogP) is 7.75. The number of piperazine rings is 1. The summed E-state index contributed by atoms with van der Waals surface area (Å²) in [4.78, 5) is 37.9. The van der Waals surface area contributed by atoms with Crippen LogP contribution in [0.5, 0.6) is 5.75 Å². The van der Waals surface area contributed by atoms with Crippen LogP contribution in [0.25, 0.3) is 0 Å². The fourth-order valence-electron chi connectivity index (χ4n) is 9.66. The second-order valence-electron chi connectivity index (χ2n) is 15.3. The molecule has 0 N–H and O–H groups in total. The molecule has 8 rings (SSSR count). The predicted molar refractivity (Wildman–Crippen MR) is 196 cm³/mol. The summed E-state index contributed by atoms with van der Waals surface area (Å²) in [5.41, 5.74) is 3.81. The Labute approximate surface area is 300 Å². The van der Waals surface area contributed by atoms with Crippen molar-refractivity contribution < 1.29 is 14.5 Å². The number of carbonyl (C=O) groups excluding carboxylic acids is 1. The Morgan fingerprint density at radius 2 is 1.74 bits per heavy atom. The second-order valence-corrected chi connectivity index (χ2v) is 15.7. The number of aryl methyl sites for hydroxylation is 2. The lowest BCUT2D eigenvalue weighted by molar-refractivity contribution is -0.384. The molecule has 0 atom stereocenters. The third-order valence-electron chi connectivity index (χ3n) is 12.1. The van der Waals surface area contributed by atoms with Gasteiger partial charge in [0, 0.05) is 81.1 Å². The molecule has 3 aromatic rings. The van der Waals surface area contributed by atoms with Crippen molar-refractivity contribution in [3.8, 4) is 5.75 Å². The number of ketones is 1. The molecular formula is C40H50ClN5O4. The number of carbonyl (C=O) groups is 1.